The predicted molar refractivity (Wildman–Crippen MR) is 99.7 cm³/mol. The number of nitrogens with zero attached hydrogens (tertiary/aromatic N) is 2. The van der Waals surface area contributed by atoms with Crippen molar-refractivity contribution >= 4 is 23.1 Å². The van der Waals surface area contributed by atoms with E-state index >= 15 is 0 Å². The SMILES string of the molecule is COc1cc(OC)c(OC)cc1/C=N/Nc1nc2ccccc2c(=O)[nH]1. The highest BCUT2D eigenvalue weighted by atomic mass is 16.5. The zero-order chi connectivity index (χ0) is 18.5. The van der Waals surface area contributed by atoms with Crippen LogP contribution in [0, 0.1) is 0 Å². The number of hydrogen-bond donors (Lipinski definition) is 2. The fraction of sp³-hybridized carbons (Fsp3) is 0.167. The van der Waals surface area contributed by atoms with Gasteiger partial charge in [-0.15, -0.1) is 0 Å². The Morgan fingerprint density at radius 1 is 1.04 bits per heavy atom. The molecule has 0 aliphatic rings. The number of aromatic amines is 1. The minimum absolute atomic E-state index is 0.239. The van der Waals surface area contributed by atoms with Gasteiger partial charge in [0.25, 0.3) is 5.56 Å². The maximum Gasteiger partial charge on any atom is 0.260 e. The second-order valence-electron chi connectivity index (χ2n) is 5.25. The number of fused-ring (bicyclic) bond motifs is 1. The minimum atomic E-state index is -0.239. The Hall–Kier alpha value is -3.55. The summed E-state index contributed by atoms with van der Waals surface area (Å²) >= 11 is 0. The molecule has 0 amide bonds. The van der Waals surface area contributed by atoms with Crippen LogP contribution in [0.15, 0.2) is 46.3 Å². The largest absolute Gasteiger partial charge is 0.496 e. The molecule has 3 aromatic rings. The van der Waals surface area contributed by atoms with E-state index in [4.69, 9.17) is 14.2 Å². The van der Waals surface area contributed by atoms with E-state index in [2.05, 4.69) is 20.5 Å². The highest BCUT2D eigenvalue weighted by Gasteiger charge is 2.10. The molecule has 0 aliphatic carbocycles. The number of hydrazone groups is 1. The average Bonchev–Trinajstić information content (AvgIpc) is 2.67. The van der Waals surface area contributed by atoms with Crippen molar-refractivity contribution < 1.29 is 14.2 Å². The molecule has 1 aromatic heterocycles. The van der Waals surface area contributed by atoms with Gasteiger partial charge in [0.05, 0.1) is 38.4 Å². The van der Waals surface area contributed by atoms with E-state index in [0.717, 1.165) is 0 Å². The van der Waals surface area contributed by atoms with Crippen molar-refractivity contribution in [3.8, 4) is 17.2 Å². The van der Waals surface area contributed by atoms with E-state index < -0.39 is 0 Å². The fourth-order valence-corrected chi connectivity index (χ4v) is 2.46. The van der Waals surface area contributed by atoms with Crippen molar-refractivity contribution in [3.63, 3.8) is 0 Å². The van der Waals surface area contributed by atoms with E-state index in [9.17, 15) is 4.79 Å². The van der Waals surface area contributed by atoms with Crippen molar-refractivity contribution in [3.05, 3.63) is 52.3 Å². The molecule has 26 heavy (non-hydrogen) atoms. The molecule has 0 saturated carbocycles. The molecule has 1 heterocycles. The maximum absolute atomic E-state index is 12.0. The van der Waals surface area contributed by atoms with Crippen LogP contribution < -0.4 is 25.2 Å². The third-order valence-electron chi connectivity index (χ3n) is 3.72. The van der Waals surface area contributed by atoms with Crippen molar-refractivity contribution in [2.75, 3.05) is 26.8 Å². The summed E-state index contributed by atoms with van der Waals surface area (Å²) in [6.45, 7) is 0. The maximum atomic E-state index is 12.0. The van der Waals surface area contributed by atoms with Crippen LogP contribution in [0.5, 0.6) is 17.2 Å². The normalized spacial score (nSPS) is 10.9. The van der Waals surface area contributed by atoms with Crippen molar-refractivity contribution in [2.45, 2.75) is 0 Å². The molecule has 0 aliphatic heterocycles. The number of H-pyrrole nitrogens is 1. The Morgan fingerprint density at radius 2 is 1.73 bits per heavy atom. The third kappa shape index (κ3) is 3.44. The quantitative estimate of drug-likeness (QED) is 0.521. The minimum Gasteiger partial charge on any atom is -0.496 e. The van der Waals surface area contributed by atoms with Crippen LogP contribution >= 0.6 is 0 Å². The standard InChI is InChI=1S/C18H18N4O4/c1-24-14-9-16(26-3)15(25-2)8-11(14)10-19-22-18-20-13-7-5-4-6-12(13)17(23)21-18/h4-10H,1-3H3,(H2,20,21,22,23)/b19-10+. The summed E-state index contributed by atoms with van der Waals surface area (Å²) in [7, 11) is 4.65. The number of benzene rings is 2. The molecule has 0 saturated heterocycles. The van der Waals surface area contributed by atoms with Gasteiger partial charge in [0.2, 0.25) is 5.95 Å². The molecule has 0 fully saturated rings. The lowest BCUT2D eigenvalue weighted by Gasteiger charge is -2.11. The Kier molecular flexibility index (Phi) is 5.02. The summed E-state index contributed by atoms with van der Waals surface area (Å²) in [4.78, 5) is 19.0. The van der Waals surface area contributed by atoms with Crippen LogP contribution in [0.2, 0.25) is 0 Å². The van der Waals surface area contributed by atoms with Gasteiger partial charge in [-0.2, -0.15) is 5.10 Å². The van der Waals surface area contributed by atoms with E-state index in [1.165, 1.54) is 6.21 Å². The second kappa shape index (κ2) is 7.56. The van der Waals surface area contributed by atoms with Gasteiger partial charge in [-0.05, 0) is 18.2 Å². The number of ether oxygens (including phenoxy) is 3. The molecule has 0 bridgehead atoms. The Morgan fingerprint density at radius 3 is 2.46 bits per heavy atom. The molecule has 0 spiro atoms. The Bertz CT molecular complexity index is 1010. The van der Waals surface area contributed by atoms with Gasteiger partial charge < -0.3 is 14.2 Å². The molecule has 2 N–H and O–H groups in total. The zero-order valence-corrected chi connectivity index (χ0v) is 14.6. The smallest absolute Gasteiger partial charge is 0.260 e. The lowest BCUT2D eigenvalue weighted by molar-refractivity contribution is 0.349. The highest BCUT2D eigenvalue weighted by Crippen LogP contribution is 2.33. The average molecular weight is 354 g/mol. The number of anilines is 1. The van der Waals surface area contributed by atoms with Crippen molar-refractivity contribution in [1.82, 2.24) is 9.97 Å². The highest BCUT2D eigenvalue weighted by molar-refractivity contribution is 5.85. The topological polar surface area (TPSA) is 97.8 Å². The molecule has 134 valence electrons. The van der Waals surface area contributed by atoms with Gasteiger partial charge in [0.1, 0.15) is 5.75 Å². The molecule has 8 nitrogen and oxygen atoms in total. The molecule has 2 aromatic carbocycles. The number of hydrogen-bond acceptors (Lipinski definition) is 7. The summed E-state index contributed by atoms with van der Waals surface area (Å²) in [6.07, 6.45) is 1.54. The van der Waals surface area contributed by atoms with E-state index in [1.807, 2.05) is 6.07 Å². The monoisotopic (exact) mass is 354 g/mol. The lowest BCUT2D eigenvalue weighted by Crippen LogP contribution is -2.11. The molecule has 0 unspecified atom stereocenters. The fourth-order valence-electron chi connectivity index (χ4n) is 2.46. The predicted octanol–water partition coefficient (Wildman–Crippen LogP) is 2.39. The first-order chi connectivity index (χ1) is 12.7. The number of aromatic nitrogens is 2. The van der Waals surface area contributed by atoms with Crippen molar-refractivity contribution in [1.29, 1.82) is 0 Å². The van der Waals surface area contributed by atoms with Crippen LogP contribution in [-0.2, 0) is 0 Å². The molecular weight excluding hydrogens is 336 g/mol. The molecular formula is C18H18N4O4. The first-order valence-electron chi connectivity index (χ1n) is 7.74. The number of rotatable bonds is 6. The van der Waals surface area contributed by atoms with Gasteiger partial charge in [-0.25, -0.2) is 10.4 Å². The summed E-state index contributed by atoms with van der Waals surface area (Å²) < 4.78 is 15.9. The molecule has 0 atom stereocenters. The molecule has 8 heteroatoms. The Labute approximate surface area is 149 Å². The number of methoxy groups -OCH3 is 3. The summed E-state index contributed by atoms with van der Waals surface area (Å²) in [5.74, 6) is 1.90. The lowest BCUT2D eigenvalue weighted by atomic mass is 10.2. The summed E-state index contributed by atoms with van der Waals surface area (Å²) in [6, 6.07) is 10.5. The third-order valence-corrected chi connectivity index (χ3v) is 3.72. The second-order valence-corrected chi connectivity index (χ2v) is 5.25. The van der Waals surface area contributed by atoms with Gasteiger partial charge in [-0.1, -0.05) is 12.1 Å². The number of nitrogens with one attached hydrogen (secondary N) is 2. The summed E-state index contributed by atoms with van der Waals surface area (Å²) in [5, 5.41) is 4.63. The van der Waals surface area contributed by atoms with Gasteiger partial charge in [-0.3, -0.25) is 9.78 Å². The summed E-state index contributed by atoms with van der Waals surface area (Å²) in [5.41, 5.74) is 3.73. The first kappa shape index (κ1) is 17.3. The first-order valence-corrected chi connectivity index (χ1v) is 7.74. The van der Waals surface area contributed by atoms with Crippen LogP contribution in [0.25, 0.3) is 10.9 Å². The van der Waals surface area contributed by atoms with Gasteiger partial charge >= 0.3 is 0 Å². The van der Waals surface area contributed by atoms with Crippen LogP contribution in [-0.4, -0.2) is 37.5 Å². The van der Waals surface area contributed by atoms with E-state index in [-0.39, 0.29) is 11.5 Å². The number of para-hydroxylation sites is 1. The van der Waals surface area contributed by atoms with Gasteiger partial charge in [0, 0.05) is 11.6 Å². The Balaban J connectivity index is 1.88. The van der Waals surface area contributed by atoms with E-state index in [0.29, 0.717) is 33.7 Å². The van der Waals surface area contributed by atoms with Gasteiger partial charge in [0.15, 0.2) is 11.5 Å². The van der Waals surface area contributed by atoms with Crippen LogP contribution in [0.1, 0.15) is 5.56 Å². The van der Waals surface area contributed by atoms with E-state index in [1.54, 1.807) is 51.7 Å². The van der Waals surface area contributed by atoms with Crippen LogP contribution in [0.3, 0.4) is 0 Å². The zero-order valence-electron chi connectivity index (χ0n) is 14.6. The molecule has 0 radical (unpaired) electrons. The van der Waals surface area contributed by atoms with Crippen LogP contribution in [0.4, 0.5) is 5.95 Å². The van der Waals surface area contributed by atoms with Crippen molar-refractivity contribution in [2.24, 2.45) is 5.10 Å². The molecule has 3 rings (SSSR count).